The summed E-state index contributed by atoms with van der Waals surface area (Å²) < 4.78 is 0. The number of anilines is 2. The van der Waals surface area contributed by atoms with Gasteiger partial charge in [-0.1, -0.05) is 11.6 Å². The molecule has 5 nitrogen and oxygen atoms in total. The third-order valence-corrected chi connectivity index (χ3v) is 6.23. The van der Waals surface area contributed by atoms with Gasteiger partial charge in [0.2, 0.25) is 0 Å². The van der Waals surface area contributed by atoms with Crippen LogP contribution in [0.3, 0.4) is 0 Å². The van der Waals surface area contributed by atoms with Gasteiger partial charge in [-0.15, -0.1) is 0 Å². The third-order valence-electron chi connectivity index (χ3n) is 5.98. The van der Waals surface area contributed by atoms with Gasteiger partial charge in [-0.3, -0.25) is 4.79 Å². The topological polar surface area (TPSA) is 39.7 Å². The molecule has 1 saturated heterocycles. The molecule has 0 spiro atoms. The van der Waals surface area contributed by atoms with Gasteiger partial charge in [0.25, 0.3) is 5.91 Å². The van der Waals surface area contributed by atoms with Gasteiger partial charge in [-0.2, -0.15) is 0 Å². The van der Waals surface area contributed by atoms with Crippen LogP contribution in [0.25, 0.3) is 10.8 Å². The lowest BCUT2D eigenvalue weighted by atomic mass is 10.0. The normalized spacial score (nSPS) is 17.0. The summed E-state index contributed by atoms with van der Waals surface area (Å²) in [5, 5.41) is 2.94. The van der Waals surface area contributed by atoms with Crippen LogP contribution in [-0.4, -0.2) is 55.6 Å². The molecule has 3 aromatic rings. The molecule has 0 bridgehead atoms. The number of pyridine rings is 1. The summed E-state index contributed by atoms with van der Waals surface area (Å²) >= 11 is 5.98. The molecule has 0 saturated carbocycles. The van der Waals surface area contributed by atoms with Crippen LogP contribution in [0.2, 0.25) is 5.02 Å². The largest absolute Gasteiger partial charge is 0.354 e. The highest BCUT2D eigenvalue weighted by atomic mass is 35.5. The molecule has 1 aromatic heterocycles. The van der Waals surface area contributed by atoms with Crippen molar-refractivity contribution in [3.8, 4) is 0 Å². The smallest absolute Gasteiger partial charge is 0.258 e. The van der Waals surface area contributed by atoms with E-state index in [1.54, 1.807) is 24.3 Å². The number of hydrogen-bond donors (Lipinski definition) is 0. The standard InChI is InChI=1S/C23H23ClN4O/c1-26-10-12-27(13-11-26)22-20-15-21-18(14-17(20)6-8-25-22)7-9-28(21)23(29)16-2-4-19(24)5-3-16/h2-6,8,14-15H,7,9-13H2,1H3. The summed E-state index contributed by atoms with van der Waals surface area (Å²) in [6.07, 6.45) is 2.77. The zero-order chi connectivity index (χ0) is 20.0. The second-order valence-electron chi connectivity index (χ2n) is 7.84. The lowest BCUT2D eigenvalue weighted by Crippen LogP contribution is -2.44. The van der Waals surface area contributed by atoms with E-state index >= 15 is 0 Å². The molecule has 0 N–H and O–H groups in total. The number of piperazine rings is 1. The Balaban J connectivity index is 1.54. The molecule has 2 aliphatic heterocycles. The minimum Gasteiger partial charge on any atom is -0.354 e. The predicted molar refractivity (Wildman–Crippen MR) is 118 cm³/mol. The van der Waals surface area contributed by atoms with E-state index in [1.165, 1.54) is 10.9 Å². The first kappa shape index (κ1) is 18.4. The van der Waals surface area contributed by atoms with Crippen LogP contribution in [-0.2, 0) is 6.42 Å². The van der Waals surface area contributed by atoms with Crippen LogP contribution in [0.1, 0.15) is 15.9 Å². The van der Waals surface area contributed by atoms with E-state index in [0.717, 1.165) is 49.5 Å². The zero-order valence-electron chi connectivity index (χ0n) is 16.4. The van der Waals surface area contributed by atoms with Crippen LogP contribution < -0.4 is 9.80 Å². The Kier molecular flexibility index (Phi) is 4.64. The minimum absolute atomic E-state index is 0.0183. The quantitative estimate of drug-likeness (QED) is 0.648. The van der Waals surface area contributed by atoms with Crippen molar-refractivity contribution >= 4 is 39.8 Å². The summed E-state index contributed by atoms with van der Waals surface area (Å²) in [6, 6.07) is 13.6. The molecule has 1 amide bonds. The second-order valence-corrected chi connectivity index (χ2v) is 8.28. The Labute approximate surface area is 175 Å². The molecule has 2 aromatic carbocycles. The fraction of sp³-hybridized carbons (Fsp3) is 0.304. The molecule has 0 atom stereocenters. The average Bonchev–Trinajstić information content (AvgIpc) is 3.15. The second kappa shape index (κ2) is 7.32. The monoisotopic (exact) mass is 406 g/mol. The Morgan fingerprint density at radius 1 is 1.00 bits per heavy atom. The van der Waals surface area contributed by atoms with Gasteiger partial charge in [0.1, 0.15) is 5.82 Å². The number of carbonyl (C=O) groups excluding carboxylic acids is 1. The van der Waals surface area contributed by atoms with Gasteiger partial charge in [0.05, 0.1) is 0 Å². The Morgan fingerprint density at radius 3 is 2.52 bits per heavy atom. The molecule has 148 valence electrons. The summed E-state index contributed by atoms with van der Waals surface area (Å²) in [7, 11) is 2.15. The van der Waals surface area contributed by atoms with Crippen molar-refractivity contribution in [3.63, 3.8) is 0 Å². The minimum atomic E-state index is 0.0183. The molecule has 29 heavy (non-hydrogen) atoms. The molecule has 0 aliphatic carbocycles. The summed E-state index contributed by atoms with van der Waals surface area (Å²) in [6.45, 7) is 4.69. The van der Waals surface area contributed by atoms with Crippen molar-refractivity contribution in [2.75, 3.05) is 49.6 Å². The Bertz CT molecular complexity index is 1070. The first-order valence-electron chi connectivity index (χ1n) is 10.0. The third kappa shape index (κ3) is 3.34. The fourth-order valence-corrected chi connectivity index (χ4v) is 4.40. The van der Waals surface area contributed by atoms with E-state index in [0.29, 0.717) is 17.1 Å². The van der Waals surface area contributed by atoms with Gasteiger partial charge in [-0.25, -0.2) is 4.98 Å². The van der Waals surface area contributed by atoms with E-state index in [2.05, 4.69) is 35.0 Å². The van der Waals surface area contributed by atoms with E-state index in [9.17, 15) is 4.79 Å². The zero-order valence-corrected chi connectivity index (χ0v) is 17.2. The lowest BCUT2D eigenvalue weighted by Gasteiger charge is -2.34. The number of amides is 1. The first-order valence-corrected chi connectivity index (χ1v) is 10.4. The van der Waals surface area contributed by atoms with Crippen LogP contribution in [0.4, 0.5) is 11.5 Å². The molecule has 1 fully saturated rings. The van der Waals surface area contributed by atoms with Crippen molar-refractivity contribution in [1.82, 2.24) is 9.88 Å². The Hall–Kier alpha value is -2.63. The van der Waals surface area contributed by atoms with Crippen LogP contribution in [0, 0.1) is 0 Å². The average molecular weight is 407 g/mol. The van der Waals surface area contributed by atoms with E-state index < -0.39 is 0 Å². The van der Waals surface area contributed by atoms with E-state index in [-0.39, 0.29) is 5.91 Å². The fourth-order valence-electron chi connectivity index (χ4n) is 4.28. The first-order chi connectivity index (χ1) is 14.1. The highest BCUT2D eigenvalue weighted by Gasteiger charge is 2.27. The highest BCUT2D eigenvalue weighted by molar-refractivity contribution is 6.30. The van der Waals surface area contributed by atoms with Crippen LogP contribution in [0.5, 0.6) is 0 Å². The van der Waals surface area contributed by atoms with Gasteiger partial charge in [-0.05, 0) is 66.9 Å². The van der Waals surface area contributed by atoms with E-state index in [1.807, 2.05) is 11.1 Å². The molecular weight excluding hydrogens is 384 g/mol. The number of rotatable bonds is 2. The number of hydrogen-bond acceptors (Lipinski definition) is 4. The number of halogens is 1. The molecule has 0 radical (unpaired) electrons. The number of carbonyl (C=O) groups is 1. The molecular formula is C23H23ClN4O. The van der Waals surface area contributed by atoms with Crippen LogP contribution >= 0.6 is 11.6 Å². The molecule has 3 heterocycles. The van der Waals surface area contributed by atoms with Crippen LogP contribution in [0.15, 0.2) is 48.7 Å². The molecule has 0 unspecified atom stereocenters. The van der Waals surface area contributed by atoms with Gasteiger partial charge >= 0.3 is 0 Å². The van der Waals surface area contributed by atoms with Crippen molar-refractivity contribution in [2.45, 2.75) is 6.42 Å². The highest BCUT2D eigenvalue weighted by Crippen LogP contribution is 2.36. The maximum atomic E-state index is 13.1. The van der Waals surface area contributed by atoms with Crippen molar-refractivity contribution in [1.29, 1.82) is 0 Å². The van der Waals surface area contributed by atoms with Gasteiger partial charge in [0.15, 0.2) is 0 Å². The van der Waals surface area contributed by atoms with Crippen molar-refractivity contribution in [3.05, 3.63) is 64.8 Å². The maximum Gasteiger partial charge on any atom is 0.258 e. The molecule has 5 rings (SSSR count). The predicted octanol–water partition coefficient (Wildman–Crippen LogP) is 3.84. The van der Waals surface area contributed by atoms with Crippen molar-refractivity contribution < 1.29 is 4.79 Å². The lowest BCUT2D eigenvalue weighted by molar-refractivity contribution is 0.0989. The number of fused-ring (bicyclic) bond motifs is 2. The summed E-state index contributed by atoms with van der Waals surface area (Å²) in [5.74, 6) is 1.04. The number of benzene rings is 2. The molecule has 6 heteroatoms. The SMILES string of the molecule is CN1CCN(c2nccc3cc4c(cc23)N(C(=O)c2ccc(Cl)cc2)CC4)CC1. The molecule has 2 aliphatic rings. The van der Waals surface area contributed by atoms with E-state index in [4.69, 9.17) is 16.6 Å². The number of nitrogens with zero attached hydrogens (tertiary/aromatic N) is 4. The van der Waals surface area contributed by atoms with Gasteiger partial charge in [0, 0.05) is 60.6 Å². The Morgan fingerprint density at radius 2 is 1.76 bits per heavy atom. The van der Waals surface area contributed by atoms with Crippen molar-refractivity contribution in [2.24, 2.45) is 0 Å². The summed E-state index contributed by atoms with van der Waals surface area (Å²) in [5.41, 5.74) is 2.88. The maximum absolute atomic E-state index is 13.1. The number of aromatic nitrogens is 1. The summed E-state index contributed by atoms with van der Waals surface area (Å²) in [4.78, 5) is 24.4. The van der Waals surface area contributed by atoms with Gasteiger partial charge < -0.3 is 14.7 Å². The number of likely N-dealkylation sites (N-methyl/N-ethyl adjacent to an activating group) is 1.